The molecule has 1 unspecified atom stereocenters. The molecule has 1 aliphatic heterocycles. The minimum absolute atomic E-state index is 0.0159. The number of carbonyl (C=O) groups excluding carboxylic acids is 1. The number of halogens is 1. The van der Waals surface area contributed by atoms with E-state index in [1.54, 1.807) is 16.8 Å². The largest absolute Gasteiger partial charge is 0.328 e. The molecule has 2 rings (SSSR count). The van der Waals surface area contributed by atoms with Crippen LogP contribution in [0.1, 0.15) is 5.56 Å². The number of amides is 2. The number of benzene rings is 1. The molecule has 1 atom stereocenters. The fraction of sp³-hybridized carbons (Fsp3) is 0.417. The summed E-state index contributed by atoms with van der Waals surface area (Å²) in [4.78, 5) is 15.5. The fourth-order valence-electron chi connectivity index (χ4n) is 2.00. The minimum atomic E-state index is 0.0159. The van der Waals surface area contributed by atoms with Gasteiger partial charge in [0.1, 0.15) is 0 Å². The van der Waals surface area contributed by atoms with Gasteiger partial charge in [0, 0.05) is 30.3 Å². The van der Waals surface area contributed by atoms with Crippen LogP contribution < -0.4 is 10.6 Å². The van der Waals surface area contributed by atoms with Crippen molar-refractivity contribution in [3.05, 3.63) is 28.2 Å². The predicted molar refractivity (Wildman–Crippen MR) is 72.2 cm³/mol. The smallest absolute Gasteiger partial charge is 0.324 e. The van der Waals surface area contributed by atoms with Crippen LogP contribution in [0, 0.1) is 6.92 Å². The molecule has 1 heterocycles. The summed E-state index contributed by atoms with van der Waals surface area (Å²) in [5.41, 5.74) is 7.70. The molecule has 5 heteroatoms. The summed E-state index contributed by atoms with van der Waals surface area (Å²) >= 11 is 3.46. The second kappa shape index (κ2) is 4.66. The third kappa shape index (κ3) is 2.17. The van der Waals surface area contributed by atoms with E-state index >= 15 is 0 Å². The highest BCUT2D eigenvalue weighted by atomic mass is 79.9. The van der Waals surface area contributed by atoms with Gasteiger partial charge in [-0.25, -0.2) is 4.79 Å². The molecule has 0 spiro atoms. The van der Waals surface area contributed by atoms with E-state index in [9.17, 15) is 4.79 Å². The van der Waals surface area contributed by atoms with Crippen molar-refractivity contribution in [3.63, 3.8) is 0 Å². The van der Waals surface area contributed by atoms with Gasteiger partial charge in [-0.1, -0.05) is 15.9 Å². The quantitative estimate of drug-likeness (QED) is 0.907. The monoisotopic (exact) mass is 297 g/mol. The number of nitrogens with zero attached hydrogens (tertiary/aromatic N) is 2. The maximum Gasteiger partial charge on any atom is 0.324 e. The van der Waals surface area contributed by atoms with Gasteiger partial charge in [-0.15, -0.1) is 0 Å². The van der Waals surface area contributed by atoms with Crippen molar-refractivity contribution in [2.24, 2.45) is 5.73 Å². The van der Waals surface area contributed by atoms with E-state index < -0.39 is 0 Å². The topological polar surface area (TPSA) is 49.6 Å². The van der Waals surface area contributed by atoms with Crippen molar-refractivity contribution >= 4 is 27.6 Å². The van der Waals surface area contributed by atoms with E-state index in [4.69, 9.17) is 5.73 Å². The van der Waals surface area contributed by atoms with Gasteiger partial charge < -0.3 is 10.6 Å². The lowest BCUT2D eigenvalue weighted by molar-refractivity contribution is 0.219. The van der Waals surface area contributed by atoms with Gasteiger partial charge >= 0.3 is 6.03 Å². The SMILES string of the molecule is Cc1cc(N2CC(CN)N(C)C2=O)ccc1Br. The van der Waals surface area contributed by atoms with Crippen molar-refractivity contribution in [1.29, 1.82) is 0 Å². The molecule has 2 amide bonds. The van der Waals surface area contributed by atoms with Crippen LogP contribution in [0.2, 0.25) is 0 Å². The Hall–Kier alpha value is -1.07. The van der Waals surface area contributed by atoms with Gasteiger partial charge in [0.25, 0.3) is 0 Å². The highest BCUT2D eigenvalue weighted by Gasteiger charge is 2.34. The number of likely N-dealkylation sites (N-methyl/N-ethyl adjacent to an activating group) is 1. The van der Waals surface area contributed by atoms with E-state index in [1.165, 1.54) is 0 Å². The molecule has 2 N–H and O–H groups in total. The van der Waals surface area contributed by atoms with Crippen molar-refractivity contribution < 1.29 is 4.79 Å². The number of carbonyl (C=O) groups is 1. The van der Waals surface area contributed by atoms with Crippen LogP contribution in [0.5, 0.6) is 0 Å². The molecule has 4 nitrogen and oxygen atoms in total. The molecule has 0 bridgehead atoms. The normalized spacial score (nSPS) is 20.2. The van der Waals surface area contributed by atoms with Crippen LogP contribution >= 0.6 is 15.9 Å². The summed E-state index contributed by atoms with van der Waals surface area (Å²) < 4.78 is 1.05. The predicted octanol–water partition coefficient (Wildman–Crippen LogP) is 1.96. The Morgan fingerprint density at radius 3 is 2.76 bits per heavy atom. The second-order valence-electron chi connectivity index (χ2n) is 4.33. The highest BCUT2D eigenvalue weighted by molar-refractivity contribution is 9.10. The van der Waals surface area contributed by atoms with Crippen molar-refractivity contribution in [3.8, 4) is 0 Å². The zero-order valence-electron chi connectivity index (χ0n) is 9.98. The van der Waals surface area contributed by atoms with Crippen LogP contribution in [0.4, 0.5) is 10.5 Å². The minimum Gasteiger partial charge on any atom is -0.328 e. The first-order valence-corrected chi connectivity index (χ1v) is 6.34. The van der Waals surface area contributed by atoms with Gasteiger partial charge in [0.05, 0.1) is 6.04 Å². The van der Waals surface area contributed by atoms with Crippen LogP contribution in [-0.4, -0.2) is 37.1 Å². The zero-order chi connectivity index (χ0) is 12.6. The molecule has 0 aromatic heterocycles. The first kappa shape index (κ1) is 12.4. The molecule has 1 aromatic carbocycles. The Kier molecular flexibility index (Phi) is 3.40. The van der Waals surface area contributed by atoms with Gasteiger partial charge in [-0.3, -0.25) is 4.90 Å². The van der Waals surface area contributed by atoms with E-state index in [1.807, 2.05) is 25.1 Å². The molecule has 17 heavy (non-hydrogen) atoms. The van der Waals surface area contributed by atoms with Gasteiger partial charge in [-0.05, 0) is 30.7 Å². The Morgan fingerprint density at radius 1 is 1.53 bits per heavy atom. The van der Waals surface area contributed by atoms with Crippen molar-refractivity contribution in [2.75, 3.05) is 25.0 Å². The number of urea groups is 1. The van der Waals surface area contributed by atoms with E-state index in [0.717, 1.165) is 15.7 Å². The molecule has 1 aliphatic rings. The highest BCUT2D eigenvalue weighted by Crippen LogP contribution is 2.26. The lowest BCUT2D eigenvalue weighted by Gasteiger charge is -2.16. The zero-order valence-corrected chi connectivity index (χ0v) is 11.6. The lowest BCUT2D eigenvalue weighted by Crippen LogP contribution is -2.35. The molecule has 1 aromatic rings. The molecule has 0 saturated carbocycles. The number of hydrogen-bond acceptors (Lipinski definition) is 2. The Balaban J connectivity index is 2.29. The van der Waals surface area contributed by atoms with E-state index in [-0.39, 0.29) is 12.1 Å². The Bertz CT molecular complexity index is 449. The van der Waals surface area contributed by atoms with Crippen molar-refractivity contribution in [2.45, 2.75) is 13.0 Å². The van der Waals surface area contributed by atoms with Crippen LogP contribution in [0.3, 0.4) is 0 Å². The standard InChI is InChI=1S/C12H16BrN3O/c1-8-5-9(3-4-11(8)13)16-7-10(6-14)15(2)12(16)17/h3-5,10H,6-7,14H2,1-2H3. The maximum absolute atomic E-state index is 12.1. The summed E-state index contributed by atoms with van der Waals surface area (Å²) in [5.74, 6) is 0. The number of hydrogen-bond donors (Lipinski definition) is 1. The molecular weight excluding hydrogens is 282 g/mol. The molecule has 0 aliphatic carbocycles. The maximum atomic E-state index is 12.1. The summed E-state index contributed by atoms with van der Waals surface area (Å²) in [6.45, 7) is 3.17. The van der Waals surface area contributed by atoms with Crippen LogP contribution in [-0.2, 0) is 0 Å². The molecule has 1 saturated heterocycles. The molecule has 0 radical (unpaired) electrons. The van der Waals surface area contributed by atoms with Crippen LogP contribution in [0.25, 0.3) is 0 Å². The summed E-state index contributed by atoms with van der Waals surface area (Å²) in [6.07, 6.45) is 0. The number of rotatable bonds is 2. The fourth-order valence-corrected chi connectivity index (χ4v) is 2.25. The molecule has 1 fully saturated rings. The summed E-state index contributed by atoms with van der Waals surface area (Å²) in [7, 11) is 1.80. The van der Waals surface area contributed by atoms with E-state index in [0.29, 0.717) is 13.1 Å². The third-order valence-corrected chi connectivity index (χ3v) is 4.09. The first-order chi connectivity index (χ1) is 8.04. The van der Waals surface area contributed by atoms with Gasteiger partial charge in [-0.2, -0.15) is 0 Å². The Morgan fingerprint density at radius 2 is 2.24 bits per heavy atom. The number of nitrogens with two attached hydrogens (primary N) is 1. The van der Waals surface area contributed by atoms with E-state index in [2.05, 4.69) is 15.9 Å². The van der Waals surface area contributed by atoms with Crippen molar-refractivity contribution in [1.82, 2.24) is 4.90 Å². The first-order valence-electron chi connectivity index (χ1n) is 5.55. The second-order valence-corrected chi connectivity index (χ2v) is 5.18. The van der Waals surface area contributed by atoms with Gasteiger partial charge in [0.15, 0.2) is 0 Å². The lowest BCUT2D eigenvalue weighted by atomic mass is 10.2. The summed E-state index contributed by atoms with van der Waals surface area (Å²) in [6, 6.07) is 6.04. The average molecular weight is 298 g/mol. The van der Waals surface area contributed by atoms with Gasteiger partial charge in [0.2, 0.25) is 0 Å². The third-order valence-electron chi connectivity index (χ3n) is 3.20. The summed E-state index contributed by atoms with van der Waals surface area (Å²) in [5, 5.41) is 0. The molecular formula is C12H16BrN3O. The molecule has 92 valence electrons. The number of anilines is 1. The number of aryl methyl sites for hydroxylation is 1. The van der Waals surface area contributed by atoms with Crippen LogP contribution in [0.15, 0.2) is 22.7 Å². The average Bonchev–Trinajstić information content (AvgIpc) is 2.60. The Labute approximate surface area is 110 Å².